The number of halogens is 1. The molecule has 0 unspecified atom stereocenters. The minimum Gasteiger partial charge on any atom is -0.356 e. The van der Waals surface area contributed by atoms with Crippen LogP contribution in [0, 0.1) is 12.8 Å². The number of hydrogen-bond acceptors (Lipinski definition) is 2. The van der Waals surface area contributed by atoms with Gasteiger partial charge in [-0.05, 0) is 49.8 Å². The molecule has 1 aliphatic rings. The number of hydrogen-bond donors (Lipinski definition) is 0. The highest BCUT2D eigenvalue weighted by atomic mass is 35.5. The van der Waals surface area contributed by atoms with Gasteiger partial charge in [0.25, 0.3) is 0 Å². The topological polar surface area (TPSA) is 16.1 Å². The molecule has 17 heavy (non-hydrogen) atoms. The molecule has 0 aliphatic heterocycles. The van der Waals surface area contributed by atoms with Crippen LogP contribution in [0.2, 0.25) is 0 Å². The Labute approximate surface area is 109 Å². The lowest BCUT2D eigenvalue weighted by Gasteiger charge is -2.33. The first-order valence-electron chi connectivity index (χ1n) is 6.51. The summed E-state index contributed by atoms with van der Waals surface area (Å²) in [4.78, 5) is 6.97. The quantitative estimate of drug-likeness (QED) is 0.742. The summed E-state index contributed by atoms with van der Waals surface area (Å²) < 4.78 is 0. The smallest absolute Gasteiger partial charge is 0.131 e. The van der Waals surface area contributed by atoms with Crippen molar-refractivity contribution in [3.8, 4) is 0 Å². The Morgan fingerprint density at radius 1 is 1.47 bits per heavy atom. The van der Waals surface area contributed by atoms with Crippen molar-refractivity contribution in [1.82, 2.24) is 4.98 Å². The van der Waals surface area contributed by atoms with Gasteiger partial charge in [0.15, 0.2) is 0 Å². The second-order valence-corrected chi connectivity index (χ2v) is 5.22. The lowest BCUT2D eigenvalue weighted by atomic mass is 9.85. The zero-order valence-electron chi connectivity index (χ0n) is 10.7. The van der Waals surface area contributed by atoms with Crippen molar-refractivity contribution in [3.63, 3.8) is 0 Å². The van der Waals surface area contributed by atoms with Gasteiger partial charge in [-0.3, -0.25) is 0 Å². The summed E-state index contributed by atoms with van der Waals surface area (Å²) in [5.41, 5.74) is 2.34. The highest BCUT2D eigenvalue weighted by Gasteiger charge is 2.21. The minimum absolute atomic E-state index is 0.545. The third-order valence-electron chi connectivity index (χ3n) is 3.65. The third-order valence-corrected chi connectivity index (χ3v) is 3.95. The molecule has 1 heterocycles. The molecule has 1 saturated carbocycles. The second-order valence-electron chi connectivity index (χ2n) is 4.95. The van der Waals surface area contributed by atoms with E-state index in [0.717, 1.165) is 30.4 Å². The van der Waals surface area contributed by atoms with E-state index in [0.29, 0.717) is 5.88 Å². The standard InChI is InChI=1S/C14H21ClN2/c1-3-17(10-12-5-4-6-12)14-11(2)7-13(8-15)9-16-14/h7,9,12H,3-6,8,10H2,1-2H3. The lowest BCUT2D eigenvalue weighted by molar-refractivity contribution is 0.318. The average molecular weight is 253 g/mol. The molecule has 1 fully saturated rings. The fourth-order valence-electron chi connectivity index (χ4n) is 2.38. The van der Waals surface area contributed by atoms with E-state index in [1.54, 1.807) is 0 Å². The highest BCUT2D eigenvalue weighted by Crippen LogP contribution is 2.29. The van der Waals surface area contributed by atoms with Gasteiger partial charge in [0.05, 0.1) is 0 Å². The first-order valence-corrected chi connectivity index (χ1v) is 7.04. The molecule has 0 atom stereocenters. The van der Waals surface area contributed by atoms with E-state index in [-0.39, 0.29) is 0 Å². The van der Waals surface area contributed by atoms with Crippen LogP contribution in [-0.2, 0) is 5.88 Å². The van der Waals surface area contributed by atoms with E-state index in [1.807, 2.05) is 6.20 Å². The molecule has 0 radical (unpaired) electrons. The zero-order valence-corrected chi connectivity index (χ0v) is 11.5. The monoisotopic (exact) mass is 252 g/mol. The van der Waals surface area contributed by atoms with Crippen molar-refractivity contribution < 1.29 is 0 Å². The van der Waals surface area contributed by atoms with Crippen molar-refractivity contribution in [2.75, 3.05) is 18.0 Å². The maximum atomic E-state index is 5.83. The summed E-state index contributed by atoms with van der Waals surface area (Å²) in [6.07, 6.45) is 6.07. The number of aryl methyl sites for hydroxylation is 1. The predicted molar refractivity (Wildman–Crippen MR) is 73.8 cm³/mol. The molecule has 0 saturated heterocycles. The van der Waals surface area contributed by atoms with Gasteiger partial charge in [-0.2, -0.15) is 0 Å². The molecule has 0 N–H and O–H groups in total. The predicted octanol–water partition coefficient (Wildman–Crippen LogP) is 3.76. The molecule has 0 aromatic carbocycles. The normalized spacial score (nSPS) is 15.7. The van der Waals surface area contributed by atoms with Crippen molar-refractivity contribution in [2.24, 2.45) is 5.92 Å². The lowest BCUT2D eigenvalue weighted by Crippen LogP contribution is -2.33. The average Bonchev–Trinajstić information content (AvgIpc) is 2.29. The number of pyridine rings is 1. The molecule has 2 nitrogen and oxygen atoms in total. The van der Waals surface area contributed by atoms with Crippen LogP contribution in [-0.4, -0.2) is 18.1 Å². The van der Waals surface area contributed by atoms with Gasteiger partial charge in [-0.25, -0.2) is 4.98 Å². The van der Waals surface area contributed by atoms with Crippen molar-refractivity contribution in [3.05, 3.63) is 23.4 Å². The molecular formula is C14H21ClN2. The maximum Gasteiger partial charge on any atom is 0.131 e. The first-order chi connectivity index (χ1) is 8.24. The molecule has 2 rings (SSSR count). The van der Waals surface area contributed by atoms with Crippen LogP contribution < -0.4 is 4.90 Å². The van der Waals surface area contributed by atoms with Gasteiger partial charge >= 0.3 is 0 Å². The third kappa shape index (κ3) is 2.92. The minimum atomic E-state index is 0.545. The SMILES string of the molecule is CCN(CC1CCC1)c1ncc(CCl)cc1C. The van der Waals surface area contributed by atoms with Gasteiger partial charge < -0.3 is 4.90 Å². The van der Waals surface area contributed by atoms with E-state index in [9.17, 15) is 0 Å². The molecule has 1 aromatic rings. The summed E-state index contributed by atoms with van der Waals surface area (Å²) in [6.45, 7) is 6.52. The van der Waals surface area contributed by atoms with E-state index < -0.39 is 0 Å². The summed E-state index contributed by atoms with van der Waals surface area (Å²) >= 11 is 5.83. The van der Waals surface area contributed by atoms with Crippen LogP contribution in [0.15, 0.2) is 12.3 Å². The molecule has 0 spiro atoms. The number of rotatable bonds is 5. The van der Waals surface area contributed by atoms with Crippen LogP contribution in [0.4, 0.5) is 5.82 Å². The van der Waals surface area contributed by atoms with Crippen LogP contribution in [0.3, 0.4) is 0 Å². The maximum absolute atomic E-state index is 5.83. The van der Waals surface area contributed by atoms with E-state index in [1.165, 1.54) is 24.8 Å². The van der Waals surface area contributed by atoms with Crippen LogP contribution >= 0.6 is 11.6 Å². The highest BCUT2D eigenvalue weighted by molar-refractivity contribution is 6.17. The Kier molecular flexibility index (Phi) is 4.27. The number of nitrogens with zero attached hydrogens (tertiary/aromatic N) is 2. The van der Waals surface area contributed by atoms with Crippen molar-refractivity contribution in [2.45, 2.75) is 39.0 Å². The Hall–Kier alpha value is -0.760. The fraction of sp³-hybridized carbons (Fsp3) is 0.643. The molecule has 1 aliphatic carbocycles. The summed E-state index contributed by atoms with van der Waals surface area (Å²) in [5.74, 6) is 2.56. The number of alkyl halides is 1. The fourth-order valence-corrected chi connectivity index (χ4v) is 2.53. The van der Waals surface area contributed by atoms with E-state index in [4.69, 9.17) is 11.6 Å². The number of aromatic nitrogens is 1. The van der Waals surface area contributed by atoms with Gasteiger partial charge in [0, 0.05) is 25.2 Å². The van der Waals surface area contributed by atoms with Crippen LogP contribution in [0.25, 0.3) is 0 Å². The Morgan fingerprint density at radius 3 is 2.71 bits per heavy atom. The number of anilines is 1. The van der Waals surface area contributed by atoms with Crippen LogP contribution in [0.5, 0.6) is 0 Å². The van der Waals surface area contributed by atoms with Crippen molar-refractivity contribution >= 4 is 17.4 Å². The summed E-state index contributed by atoms with van der Waals surface area (Å²) in [7, 11) is 0. The van der Waals surface area contributed by atoms with Gasteiger partial charge in [-0.1, -0.05) is 6.42 Å². The van der Waals surface area contributed by atoms with Crippen molar-refractivity contribution in [1.29, 1.82) is 0 Å². The Morgan fingerprint density at radius 2 is 2.24 bits per heavy atom. The second kappa shape index (κ2) is 5.72. The Balaban J connectivity index is 2.11. The van der Waals surface area contributed by atoms with Crippen LogP contribution in [0.1, 0.15) is 37.3 Å². The molecule has 3 heteroatoms. The molecule has 0 amide bonds. The van der Waals surface area contributed by atoms with Gasteiger partial charge in [0.2, 0.25) is 0 Å². The molecule has 94 valence electrons. The zero-order chi connectivity index (χ0) is 12.3. The molecular weight excluding hydrogens is 232 g/mol. The van der Waals surface area contributed by atoms with E-state index >= 15 is 0 Å². The summed E-state index contributed by atoms with van der Waals surface area (Å²) in [5, 5.41) is 0. The van der Waals surface area contributed by atoms with E-state index in [2.05, 4.69) is 29.8 Å². The molecule has 0 bridgehead atoms. The largest absolute Gasteiger partial charge is 0.356 e. The summed E-state index contributed by atoms with van der Waals surface area (Å²) in [6, 6.07) is 2.15. The molecule has 1 aromatic heterocycles. The Bertz CT molecular complexity index is 374. The van der Waals surface area contributed by atoms with Gasteiger partial charge in [0.1, 0.15) is 5.82 Å². The van der Waals surface area contributed by atoms with Gasteiger partial charge in [-0.15, -0.1) is 11.6 Å². The first kappa shape index (κ1) is 12.7.